The molecule has 0 bridgehead atoms. The zero-order valence-electron chi connectivity index (χ0n) is 23.5. The van der Waals surface area contributed by atoms with E-state index in [0.29, 0.717) is 22.6 Å². The van der Waals surface area contributed by atoms with Crippen LogP contribution in [0.25, 0.3) is 28.5 Å². The number of imidazole rings is 1. The van der Waals surface area contributed by atoms with E-state index in [0.717, 1.165) is 32.1 Å². The number of anilines is 1. The summed E-state index contributed by atoms with van der Waals surface area (Å²) in [6, 6.07) is 6.88. The maximum Gasteiger partial charge on any atom is 0.313 e. The maximum atomic E-state index is 16.3. The third-order valence-corrected chi connectivity index (χ3v) is 8.01. The Morgan fingerprint density at radius 1 is 1.12 bits per heavy atom. The standard InChI is InChI=1S/C29H30Cl2F2N6O4/c1-41-22(42-2)14-35-21(40)13-17-8-10-18(30)23(33)25(17)39-26(16-9-11-20(32)19(31)12-16)24(28-37-38-29(34)43-28)36-27(39)15-6-4-3-5-7-15/h8-12,15,22H,3-7,13-14H2,1-2H3,(H2,34,38)(H,35,40). The molecule has 5 rings (SSSR count). The van der Waals surface area contributed by atoms with Gasteiger partial charge in [0.1, 0.15) is 11.6 Å². The quantitative estimate of drug-likeness (QED) is 0.201. The van der Waals surface area contributed by atoms with Crippen molar-refractivity contribution in [1.82, 2.24) is 25.1 Å². The van der Waals surface area contributed by atoms with Crippen molar-refractivity contribution >= 4 is 35.1 Å². The molecule has 1 aliphatic rings. The molecule has 0 spiro atoms. The molecule has 14 heteroatoms. The number of methoxy groups -OCH3 is 2. The number of nitrogens with one attached hydrogen (secondary N) is 1. The fourth-order valence-corrected chi connectivity index (χ4v) is 5.68. The van der Waals surface area contributed by atoms with Crippen LogP contribution in [0.4, 0.5) is 14.8 Å². The van der Waals surface area contributed by atoms with Gasteiger partial charge in [0, 0.05) is 25.7 Å². The van der Waals surface area contributed by atoms with E-state index < -0.39 is 23.8 Å². The van der Waals surface area contributed by atoms with Crippen LogP contribution in [-0.4, -0.2) is 52.7 Å². The van der Waals surface area contributed by atoms with Crippen LogP contribution in [0.5, 0.6) is 0 Å². The fourth-order valence-electron chi connectivity index (χ4n) is 5.35. The Kier molecular flexibility index (Phi) is 9.60. The number of nitrogens with two attached hydrogens (primary N) is 1. The maximum absolute atomic E-state index is 16.3. The minimum absolute atomic E-state index is 0.0138. The summed E-state index contributed by atoms with van der Waals surface area (Å²) < 4.78 is 48.1. The number of benzene rings is 2. The number of ether oxygens (including phenoxy) is 2. The second-order valence-electron chi connectivity index (χ2n) is 10.2. The molecule has 1 fully saturated rings. The highest BCUT2D eigenvalue weighted by Gasteiger charge is 2.32. The van der Waals surface area contributed by atoms with Crippen LogP contribution in [0.3, 0.4) is 0 Å². The lowest BCUT2D eigenvalue weighted by Gasteiger charge is -2.25. The minimum Gasteiger partial charge on any atom is -0.402 e. The number of carbonyl (C=O) groups excluding carboxylic acids is 1. The van der Waals surface area contributed by atoms with Crippen LogP contribution in [-0.2, 0) is 20.7 Å². The van der Waals surface area contributed by atoms with Gasteiger partial charge in [0.2, 0.25) is 5.91 Å². The van der Waals surface area contributed by atoms with E-state index in [1.807, 2.05) is 0 Å². The molecule has 0 radical (unpaired) electrons. The Morgan fingerprint density at radius 3 is 2.51 bits per heavy atom. The third kappa shape index (κ3) is 6.52. The summed E-state index contributed by atoms with van der Waals surface area (Å²) in [6.45, 7) is 0.0811. The van der Waals surface area contributed by atoms with Crippen LogP contribution < -0.4 is 11.1 Å². The molecule has 2 aromatic heterocycles. The van der Waals surface area contributed by atoms with E-state index in [1.54, 1.807) is 10.6 Å². The Balaban J connectivity index is 1.76. The molecule has 1 aliphatic carbocycles. The third-order valence-electron chi connectivity index (χ3n) is 7.43. The monoisotopic (exact) mass is 634 g/mol. The summed E-state index contributed by atoms with van der Waals surface area (Å²) in [5.74, 6) is -1.40. The zero-order valence-corrected chi connectivity index (χ0v) is 25.0. The van der Waals surface area contributed by atoms with Crippen LogP contribution in [0, 0.1) is 11.6 Å². The molecule has 2 aromatic carbocycles. The van der Waals surface area contributed by atoms with Gasteiger partial charge in [-0.15, -0.1) is 5.10 Å². The molecule has 0 atom stereocenters. The first-order chi connectivity index (χ1) is 20.7. The Labute approximate surface area is 256 Å². The Bertz CT molecular complexity index is 1620. The number of nitrogen functional groups attached to an aromatic ring is 1. The van der Waals surface area contributed by atoms with Gasteiger partial charge in [0.25, 0.3) is 5.89 Å². The highest BCUT2D eigenvalue weighted by molar-refractivity contribution is 6.31. The van der Waals surface area contributed by atoms with Crippen molar-refractivity contribution in [2.45, 2.75) is 50.7 Å². The van der Waals surface area contributed by atoms with Crippen molar-refractivity contribution in [2.75, 3.05) is 26.5 Å². The first-order valence-corrected chi connectivity index (χ1v) is 14.4. The van der Waals surface area contributed by atoms with Crippen molar-refractivity contribution in [3.8, 4) is 28.5 Å². The van der Waals surface area contributed by atoms with Gasteiger partial charge in [-0.2, -0.15) is 0 Å². The Morgan fingerprint density at radius 2 is 1.86 bits per heavy atom. The van der Waals surface area contributed by atoms with Gasteiger partial charge in [0.05, 0.1) is 34.4 Å². The second-order valence-corrected chi connectivity index (χ2v) is 11.0. The van der Waals surface area contributed by atoms with Gasteiger partial charge in [-0.05, 0) is 42.7 Å². The number of aromatic nitrogens is 4. The van der Waals surface area contributed by atoms with E-state index in [-0.39, 0.29) is 52.2 Å². The lowest BCUT2D eigenvalue weighted by molar-refractivity contribution is -0.126. The van der Waals surface area contributed by atoms with Crippen LogP contribution >= 0.6 is 23.2 Å². The molecule has 228 valence electrons. The number of nitrogens with zero attached hydrogens (tertiary/aromatic N) is 4. The van der Waals surface area contributed by atoms with Gasteiger partial charge < -0.3 is 24.9 Å². The largest absolute Gasteiger partial charge is 0.402 e. The summed E-state index contributed by atoms with van der Waals surface area (Å²) >= 11 is 12.6. The average Bonchev–Trinajstić information content (AvgIpc) is 3.61. The van der Waals surface area contributed by atoms with Crippen LogP contribution in [0.2, 0.25) is 10.0 Å². The van der Waals surface area contributed by atoms with E-state index in [9.17, 15) is 9.18 Å². The SMILES string of the molecule is COC(CNC(=O)Cc1ccc(Cl)c(F)c1-n1c(C2CCCCC2)nc(-c2nnc(N)o2)c1-c1ccc(F)c(Cl)c1)OC. The summed E-state index contributed by atoms with van der Waals surface area (Å²) in [7, 11) is 2.91. The van der Waals surface area contributed by atoms with Crippen molar-refractivity contribution < 1.29 is 27.5 Å². The molecule has 0 saturated heterocycles. The van der Waals surface area contributed by atoms with Crippen LogP contribution in [0.15, 0.2) is 34.7 Å². The molecule has 2 heterocycles. The normalized spacial score (nSPS) is 14.0. The average molecular weight is 635 g/mol. The van der Waals surface area contributed by atoms with Crippen molar-refractivity contribution in [3.05, 3.63) is 63.4 Å². The summed E-state index contributed by atoms with van der Waals surface area (Å²) in [5, 5.41) is 10.2. The number of hydrogen-bond donors (Lipinski definition) is 2. The van der Waals surface area contributed by atoms with E-state index in [1.165, 1.54) is 38.5 Å². The van der Waals surface area contributed by atoms with Crippen LogP contribution in [0.1, 0.15) is 49.4 Å². The molecular formula is C29H30Cl2F2N6O4. The minimum atomic E-state index is -0.765. The smallest absolute Gasteiger partial charge is 0.313 e. The highest BCUT2D eigenvalue weighted by atomic mass is 35.5. The molecule has 0 aliphatic heterocycles. The van der Waals surface area contributed by atoms with E-state index >= 15 is 4.39 Å². The van der Waals surface area contributed by atoms with Crippen molar-refractivity contribution in [2.24, 2.45) is 0 Å². The molecule has 0 unspecified atom stereocenters. The summed E-state index contributed by atoms with van der Waals surface area (Å²) in [4.78, 5) is 18.0. The first-order valence-electron chi connectivity index (χ1n) is 13.7. The lowest BCUT2D eigenvalue weighted by atomic mass is 9.88. The lowest BCUT2D eigenvalue weighted by Crippen LogP contribution is -2.35. The molecule has 1 amide bonds. The molecular weight excluding hydrogens is 605 g/mol. The molecule has 3 N–H and O–H groups in total. The molecule has 1 saturated carbocycles. The number of carbonyl (C=O) groups is 1. The predicted molar refractivity (Wildman–Crippen MR) is 157 cm³/mol. The van der Waals surface area contributed by atoms with Gasteiger partial charge in [-0.3, -0.25) is 9.36 Å². The highest BCUT2D eigenvalue weighted by Crippen LogP contribution is 2.43. The van der Waals surface area contributed by atoms with Crippen molar-refractivity contribution in [3.63, 3.8) is 0 Å². The Hall–Kier alpha value is -3.58. The van der Waals surface area contributed by atoms with Gasteiger partial charge in [-0.1, -0.05) is 53.6 Å². The molecule has 4 aromatic rings. The molecule has 10 nitrogen and oxygen atoms in total. The van der Waals surface area contributed by atoms with Gasteiger partial charge in [-0.25, -0.2) is 13.8 Å². The number of rotatable bonds is 10. The second kappa shape index (κ2) is 13.4. The van der Waals surface area contributed by atoms with Gasteiger partial charge in [0.15, 0.2) is 17.8 Å². The van der Waals surface area contributed by atoms with Crippen molar-refractivity contribution in [1.29, 1.82) is 0 Å². The van der Waals surface area contributed by atoms with E-state index in [4.69, 9.17) is 47.8 Å². The van der Waals surface area contributed by atoms with E-state index in [2.05, 4.69) is 15.5 Å². The fraction of sp³-hybridized carbons (Fsp3) is 0.379. The zero-order chi connectivity index (χ0) is 30.7. The number of halogens is 4. The predicted octanol–water partition coefficient (Wildman–Crippen LogP) is 6.08. The summed E-state index contributed by atoms with van der Waals surface area (Å²) in [5.41, 5.74) is 6.99. The van der Waals surface area contributed by atoms with Gasteiger partial charge >= 0.3 is 6.01 Å². The first kappa shape index (κ1) is 30.9. The number of amides is 1. The molecule has 43 heavy (non-hydrogen) atoms. The summed E-state index contributed by atoms with van der Waals surface area (Å²) in [6.07, 6.45) is 3.68. The number of hydrogen-bond acceptors (Lipinski definition) is 8. The topological polar surface area (TPSA) is 130 Å².